The first kappa shape index (κ1) is 9.08. The maximum Gasteiger partial charge on any atom is 0.322 e. The standard InChI is InChI=1S/C9H9N3OS/c1-2-6-3-4-7(10-5-6)8-11-12-9(13)14-8/h3-5H,2H2,1H3,(H,12,13). The third-order valence-electron chi connectivity index (χ3n) is 1.89. The van der Waals surface area contributed by atoms with Gasteiger partial charge in [-0.05, 0) is 18.1 Å². The van der Waals surface area contributed by atoms with Crippen LogP contribution in [0.25, 0.3) is 10.7 Å². The van der Waals surface area contributed by atoms with Crippen molar-refractivity contribution in [3.05, 3.63) is 33.6 Å². The van der Waals surface area contributed by atoms with E-state index in [2.05, 4.69) is 22.1 Å². The van der Waals surface area contributed by atoms with Crippen molar-refractivity contribution in [2.24, 2.45) is 0 Å². The molecule has 0 atom stereocenters. The van der Waals surface area contributed by atoms with Crippen molar-refractivity contribution >= 4 is 11.3 Å². The fraction of sp³-hybridized carbons (Fsp3) is 0.222. The maximum atomic E-state index is 10.9. The van der Waals surface area contributed by atoms with E-state index in [1.807, 2.05) is 12.1 Å². The third-order valence-corrected chi connectivity index (χ3v) is 2.66. The lowest BCUT2D eigenvalue weighted by atomic mass is 10.2. The fourth-order valence-electron chi connectivity index (χ4n) is 1.10. The van der Waals surface area contributed by atoms with Gasteiger partial charge in [-0.3, -0.25) is 9.78 Å². The molecular formula is C9H9N3OS. The minimum atomic E-state index is -0.152. The molecule has 0 spiro atoms. The largest absolute Gasteiger partial charge is 0.322 e. The van der Waals surface area contributed by atoms with Crippen molar-refractivity contribution in [2.45, 2.75) is 13.3 Å². The van der Waals surface area contributed by atoms with Crippen molar-refractivity contribution < 1.29 is 0 Å². The van der Waals surface area contributed by atoms with Crippen molar-refractivity contribution in [3.8, 4) is 10.7 Å². The van der Waals surface area contributed by atoms with Crippen LogP contribution in [0.15, 0.2) is 23.1 Å². The van der Waals surface area contributed by atoms with Crippen LogP contribution in [-0.4, -0.2) is 15.2 Å². The van der Waals surface area contributed by atoms with Crippen LogP contribution >= 0.6 is 11.3 Å². The molecule has 0 saturated carbocycles. The van der Waals surface area contributed by atoms with Crippen LogP contribution in [-0.2, 0) is 6.42 Å². The molecule has 72 valence electrons. The van der Waals surface area contributed by atoms with Crippen molar-refractivity contribution in [1.82, 2.24) is 15.2 Å². The van der Waals surface area contributed by atoms with Crippen LogP contribution in [0.1, 0.15) is 12.5 Å². The Morgan fingerprint density at radius 1 is 1.50 bits per heavy atom. The lowest BCUT2D eigenvalue weighted by Crippen LogP contribution is -1.90. The SMILES string of the molecule is CCc1ccc(-c2n[nH]c(=O)s2)nc1. The van der Waals surface area contributed by atoms with E-state index < -0.39 is 0 Å². The van der Waals surface area contributed by atoms with E-state index >= 15 is 0 Å². The Balaban J connectivity index is 2.38. The molecule has 2 aromatic heterocycles. The second-order valence-electron chi connectivity index (χ2n) is 2.82. The normalized spacial score (nSPS) is 10.4. The molecule has 5 heteroatoms. The van der Waals surface area contributed by atoms with E-state index in [0.717, 1.165) is 23.5 Å². The number of pyridine rings is 1. The first-order valence-electron chi connectivity index (χ1n) is 4.30. The number of hydrogen-bond acceptors (Lipinski definition) is 4. The summed E-state index contributed by atoms with van der Waals surface area (Å²) < 4.78 is 0. The molecule has 1 N–H and O–H groups in total. The van der Waals surface area contributed by atoms with Crippen molar-refractivity contribution in [3.63, 3.8) is 0 Å². The molecule has 0 aliphatic heterocycles. The second kappa shape index (κ2) is 3.71. The summed E-state index contributed by atoms with van der Waals surface area (Å²) >= 11 is 1.07. The predicted molar refractivity (Wildman–Crippen MR) is 55.3 cm³/mol. The first-order chi connectivity index (χ1) is 6.79. The molecule has 0 aromatic carbocycles. The van der Waals surface area contributed by atoms with Gasteiger partial charge in [0.05, 0.1) is 0 Å². The molecule has 2 heterocycles. The Labute approximate surface area is 84.6 Å². The Bertz CT molecular complexity index is 471. The summed E-state index contributed by atoms with van der Waals surface area (Å²) in [4.78, 5) is 14.9. The third kappa shape index (κ3) is 1.72. The summed E-state index contributed by atoms with van der Waals surface area (Å²) in [5.41, 5.74) is 1.92. The highest BCUT2D eigenvalue weighted by Crippen LogP contribution is 2.15. The topological polar surface area (TPSA) is 58.6 Å². The summed E-state index contributed by atoms with van der Waals surface area (Å²) in [6, 6.07) is 3.87. The molecule has 14 heavy (non-hydrogen) atoms. The monoisotopic (exact) mass is 207 g/mol. The molecule has 0 amide bonds. The van der Waals surface area contributed by atoms with Crippen molar-refractivity contribution in [2.75, 3.05) is 0 Å². The molecule has 4 nitrogen and oxygen atoms in total. The number of rotatable bonds is 2. The van der Waals surface area contributed by atoms with Gasteiger partial charge >= 0.3 is 4.87 Å². The molecule has 0 bridgehead atoms. The number of aromatic nitrogens is 3. The zero-order valence-corrected chi connectivity index (χ0v) is 8.47. The first-order valence-corrected chi connectivity index (χ1v) is 5.12. The second-order valence-corrected chi connectivity index (χ2v) is 3.79. The van der Waals surface area contributed by atoms with E-state index in [0.29, 0.717) is 5.01 Å². The summed E-state index contributed by atoms with van der Waals surface area (Å²) in [6.45, 7) is 2.07. The van der Waals surface area contributed by atoms with Crippen LogP contribution in [0.5, 0.6) is 0 Å². The maximum absolute atomic E-state index is 10.9. The zero-order chi connectivity index (χ0) is 9.97. The van der Waals surface area contributed by atoms with Crippen LogP contribution in [0.2, 0.25) is 0 Å². The van der Waals surface area contributed by atoms with Crippen LogP contribution < -0.4 is 4.87 Å². The van der Waals surface area contributed by atoms with Gasteiger partial charge in [0, 0.05) is 6.20 Å². The smallest absolute Gasteiger partial charge is 0.255 e. The zero-order valence-electron chi connectivity index (χ0n) is 7.65. The molecular weight excluding hydrogens is 198 g/mol. The van der Waals surface area contributed by atoms with E-state index in [1.54, 1.807) is 6.20 Å². The quantitative estimate of drug-likeness (QED) is 0.811. The molecule has 2 aromatic rings. The molecule has 0 fully saturated rings. The van der Waals surface area contributed by atoms with Gasteiger partial charge in [0.2, 0.25) is 0 Å². The molecule has 0 unspecified atom stereocenters. The Morgan fingerprint density at radius 3 is 2.86 bits per heavy atom. The number of nitrogens with one attached hydrogen (secondary N) is 1. The van der Waals surface area contributed by atoms with Gasteiger partial charge in [-0.2, -0.15) is 5.10 Å². The van der Waals surface area contributed by atoms with Gasteiger partial charge in [0.15, 0.2) is 5.01 Å². The van der Waals surface area contributed by atoms with Gasteiger partial charge < -0.3 is 0 Å². The minimum absolute atomic E-state index is 0.152. The number of hydrogen-bond donors (Lipinski definition) is 1. The Kier molecular flexibility index (Phi) is 2.41. The summed E-state index contributed by atoms with van der Waals surface area (Å²) in [6.07, 6.45) is 2.77. The van der Waals surface area contributed by atoms with Gasteiger partial charge in [-0.15, -0.1) is 0 Å². The molecule has 0 aliphatic carbocycles. The summed E-state index contributed by atoms with van der Waals surface area (Å²) in [5, 5.41) is 6.87. The van der Waals surface area contributed by atoms with Gasteiger partial charge in [-0.1, -0.05) is 24.3 Å². The fourth-order valence-corrected chi connectivity index (χ4v) is 1.68. The lowest BCUT2D eigenvalue weighted by molar-refractivity contribution is 1.05. The number of aromatic amines is 1. The highest BCUT2D eigenvalue weighted by Gasteiger charge is 2.03. The van der Waals surface area contributed by atoms with Crippen LogP contribution in [0.3, 0.4) is 0 Å². The highest BCUT2D eigenvalue weighted by atomic mass is 32.1. The molecule has 0 aliphatic rings. The van der Waals surface area contributed by atoms with Gasteiger partial charge in [-0.25, -0.2) is 5.10 Å². The van der Waals surface area contributed by atoms with E-state index in [-0.39, 0.29) is 4.87 Å². The molecule has 2 rings (SSSR count). The van der Waals surface area contributed by atoms with Crippen LogP contribution in [0.4, 0.5) is 0 Å². The minimum Gasteiger partial charge on any atom is -0.255 e. The van der Waals surface area contributed by atoms with E-state index in [9.17, 15) is 4.79 Å². The highest BCUT2D eigenvalue weighted by molar-refractivity contribution is 7.12. The number of nitrogens with zero attached hydrogens (tertiary/aromatic N) is 2. The Hall–Kier alpha value is -1.49. The molecule has 0 saturated heterocycles. The summed E-state index contributed by atoms with van der Waals surface area (Å²) in [5.74, 6) is 0. The van der Waals surface area contributed by atoms with Gasteiger partial charge in [0.1, 0.15) is 5.69 Å². The molecule has 0 radical (unpaired) electrons. The average Bonchev–Trinajstić information content (AvgIpc) is 2.65. The van der Waals surface area contributed by atoms with E-state index in [4.69, 9.17) is 0 Å². The number of H-pyrrole nitrogens is 1. The average molecular weight is 207 g/mol. The van der Waals surface area contributed by atoms with E-state index in [1.165, 1.54) is 5.56 Å². The summed E-state index contributed by atoms with van der Waals surface area (Å²) in [7, 11) is 0. The lowest BCUT2D eigenvalue weighted by Gasteiger charge is -1.96. The van der Waals surface area contributed by atoms with Crippen molar-refractivity contribution in [1.29, 1.82) is 0 Å². The predicted octanol–water partition coefficient (Wildman–Crippen LogP) is 1.46. The van der Waals surface area contributed by atoms with Gasteiger partial charge in [0.25, 0.3) is 0 Å². The Morgan fingerprint density at radius 2 is 2.36 bits per heavy atom. The van der Waals surface area contributed by atoms with Crippen LogP contribution in [0, 0.1) is 0 Å². The number of aryl methyl sites for hydroxylation is 1.